The Bertz CT molecular complexity index is 1040. The van der Waals surface area contributed by atoms with Crippen molar-refractivity contribution in [3.05, 3.63) is 0 Å². The lowest BCUT2D eigenvalue weighted by Gasteiger charge is -2.18. The second-order valence-electron chi connectivity index (χ2n) is 22.1. The van der Waals surface area contributed by atoms with Crippen molar-refractivity contribution in [3.63, 3.8) is 0 Å². The minimum atomic E-state index is -0.763. The van der Waals surface area contributed by atoms with Crippen molar-refractivity contribution in [3.8, 4) is 0 Å². The number of hydrogen-bond acceptors (Lipinski definition) is 6. The summed E-state index contributed by atoms with van der Waals surface area (Å²) >= 11 is 0. The molecule has 6 nitrogen and oxygen atoms in total. The van der Waals surface area contributed by atoms with Crippen LogP contribution in [0.25, 0.3) is 0 Å². The fourth-order valence-corrected chi connectivity index (χ4v) is 9.55. The predicted molar refractivity (Wildman–Crippen MR) is 293 cm³/mol. The van der Waals surface area contributed by atoms with E-state index in [1.54, 1.807) is 0 Å². The molecule has 0 saturated heterocycles. The highest BCUT2D eigenvalue weighted by Gasteiger charge is 2.19. The van der Waals surface area contributed by atoms with E-state index in [4.69, 9.17) is 14.2 Å². The molecule has 0 bridgehead atoms. The molecule has 0 N–H and O–H groups in total. The fourth-order valence-electron chi connectivity index (χ4n) is 9.55. The molecule has 0 fully saturated rings. The number of hydrogen-bond donors (Lipinski definition) is 0. The number of carbonyl (C=O) groups excluding carboxylic acids is 3. The van der Waals surface area contributed by atoms with Gasteiger partial charge in [0, 0.05) is 19.3 Å². The highest BCUT2D eigenvalue weighted by Crippen LogP contribution is 2.19. The van der Waals surface area contributed by atoms with Crippen LogP contribution in [0.5, 0.6) is 0 Å². The Morgan fingerprint density at radius 1 is 0.309 bits per heavy atom. The van der Waals surface area contributed by atoms with Gasteiger partial charge in [0.2, 0.25) is 0 Å². The van der Waals surface area contributed by atoms with E-state index >= 15 is 0 Å². The molecule has 0 rings (SSSR count). The minimum Gasteiger partial charge on any atom is -0.462 e. The summed E-state index contributed by atoms with van der Waals surface area (Å²) in [6, 6.07) is 0. The van der Waals surface area contributed by atoms with Crippen molar-refractivity contribution >= 4 is 17.9 Å². The van der Waals surface area contributed by atoms with Gasteiger partial charge in [-0.2, -0.15) is 0 Å². The summed E-state index contributed by atoms with van der Waals surface area (Å²) in [5.74, 6) is 0.870. The van der Waals surface area contributed by atoms with E-state index in [1.165, 1.54) is 238 Å². The summed E-state index contributed by atoms with van der Waals surface area (Å²) in [7, 11) is 0. The molecule has 0 saturated carbocycles. The van der Waals surface area contributed by atoms with Gasteiger partial charge < -0.3 is 14.2 Å². The van der Waals surface area contributed by atoms with Crippen LogP contribution in [-0.4, -0.2) is 37.2 Å². The van der Waals surface area contributed by atoms with Crippen molar-refractivity contribution in [2.24, 2.45) is 11.8 Å². The third-order valence-electron chi connectivity index (χ3n) is 14.6. The zero-order valence-electron chi connectivity index (χ0n) is 46.7. The maximum absolute atomic E-state index is 12.9. The number of ether oxygens (including phenoxy) is 3. The smallest absolute Gasteiger partial charge is 0.306 e. The van der Waals surface area contributed by atoms with E-state index < -0.39 is 6.10 Å². The molecule has 0 aliphatic heterocycles. The molecule has 2 atom stereocenters. The summed E-state index contributed by atoms with van der Waals surface area (Å²) in [4.78, 5) is 38.2. The lowest BCUT2D eigenvalue weighted by Crippen LogP contribution is -2.30. The zero-order chi connectivity index (χ0) is 49.6. The van der Waals surface area contributed by atoms with E-state index in [1.807, 2.05) is 0 Å². The topological polar surface area (TPSA) is 78.9 Å². The second-order valence-corrected chi connectivity index (χ2v) is 22.1. The number of unbranched alkanes of at least 4 members (excludes halogenated alkanes) is 40. The lowest BCUT2D eigenvalue weighted by atomic mass is 9.99. The molecule has 1 unspecified atom stereocenters. The zero-order valence-corrected chi connectivity index (χ0v) is 46.7. The van der Waals surface area contributed by atoms with Gasteiger partial charge in [-0.15, -0.1) is 0 Å². The minimum absolute atomic E-state index is 0.0626. The largest absolute Gasteiger partial charge is 0.462 e. The third kappa shape index (κ3) is 53.8. The van der Waals surface area contributed by atoms with Gasteiger partial charge in [0.05, 0.1) is 0 Å². The van der Waals surface area contributed by atoms with Gasteiger partial charge in [0.25, 0.3) is 0 Å². The van der Waals surface area contributed by atoms with Crippen LogP contribution >= 0.6 is 0 Å². The molecule has 6 heteroatoms. The van der Waals surface area contributed by atoms with E-state index in [0.717, 1.165) is 69.6 Å². The summed E-state index contributed by atoms with van der Waals surface area (Å²) < 4.78 is 16.9. The molecule has 0 aliphatic rings. The van der Waals surface area contributed by atoms with Gasteiger partial charge in [-0.3, -0.25) is 14.4 Å². The normalized spacial score (nSPS) is 12.4. The molecule has 0 amide bonds. The first-order valence-electron chi connectivity index (χ1n) is 30.8. The van der Waals surface area contributed by atoms with Crippen molar-refractivity contribution in [1.29, 1.82) is 0 Å². The maximum Gasteiger partial charge on any atom is 0.306 e. The Balaban J connectivity index is 4.24. The van der Waals surface area contributed by atoms with Gasteiger partial charge in [-0.05, 0) is 31.1 Å². The molecule has 0 aromatic rings. The molecule has 404 valence electrons. The number of esters is 3. The highest BCUT2D eigenvalue weighted by molar-refractivity contribution is 5.71. The van der Waals surface area contributed by atoms with Crippen LogP contribution in [0.4, 0.5) is 0 Å². The Hall–Kier alpha value is -1.59. The van der Waals surface area contributed by atoms with Crippen molar-refractivity contribution in [2.75, 3.05) is 13.2 Å². The van der Waals surface area contributed by atoms with E-state index in [-0.39, 0.29) is 31.1 Å². The lowest BCUT2D eigenvalue weighted by molar-refractivity contribution is -0.167. The Morgan fingerprint density at radius 2 is 0.559 bits per heavy atom. The molecule has 68 heavy (non-hydrogen) atoms. The number of carbonyl (C=O) groups is 3. The standard InChI is InChI=1S/C62H120O6/c1-6-8-9-10-11-12-13-14-15-18-23-26-29-32-39-44-49-54-62(65)68-59(56-67-61(64)53-48-43-38-34-33-36-41-46-51-58(5)7-2)55-66-60(63)52-47-42-37-31-28-25-22-20-17-16-19-21-24-27-30-35-40-45-50-57(3)4/h57-59H,6-56H2,1-5H3/t58?,59-/m1/s1. The van der Waals surface area contributed by atoms with E-state index in [9.17, 15) is 14.4 Å². The maximum atomic E-state index is 12.9. The molecule has 0 aromatic carbocycles. The van der Waals surface area contributed by atoms with Gasteiger partial charge >= 0.3 is 17.9 Å². The average Bonchev–Trinajstić information content (AvgIpc) is 3.32. The Morgan fingerprint density at radius 3 is 0.838 bits per heavy atom. The summed E-state index contributed by atoms with van der Waals surface area (Å²) in [5, 5.41) is 0. The predicted octanol–water partition coefficient (Wildman–Crippen LogP) is 20.4. The van der Waals surface area contributed by atoms with Crippen LogP contribution in [0, 0.1) is 11.8 Å². The molecule has 0 heterocycles. The van der Waals surface area contributed by atoms with E-state index in [2.05, 4.69) is 34.6 Å². The summed E-state index contributed by atoms with van der Waals surface area (Å²) in [6.45, 7) is 11.4. The summed E-state index contributed by atoms with van der Waals surface area (Å²) in [5.41, 5.74) is 0. The molecular weight excluding hydrogens is 841 g/mol. The van der Waals surface area contributed by atoms with Crippen molar-refractivity contribution in [2.45, 2.75) is 355 Å². The van der Waals surface area contributed by atoms with Crippen LogP contribution in [0.1, 0.15) is 349 Å². The van der Waals surface area contributed by atoms with Gasteiger partial charge in [0.1, 0.15) is 13.2 Å². The molecule has 0 aromatic heterocycles. The SMILES string of the molecule is CCCCCCCCCCCCCCCCCCCC(=O)O[C@H](COC(=O)CCCCCCCCCCCCCCCCCCCCC(C)C)COC(=O)CCCCCCCCCCC(C)CC. The number of rotatable bonds is 56. The van der Waals surface area contributed by atoms with E-state index in [0.29, 0.717) is 19.3 Å². The van der Waals surface area contributed by atoms with Gasteiger partial charge in [0.15, 0.2) is 6.10 Å². The fraction of sp³-hybridized carbons (Fsp3) is 0.952. The quantitative estimate of drug-likeness (QED) is 0.0343. The Labute approximate surface area is 425 Å². The van der Waals surface area contributed by atoms with Crippen molar-refractivity contribution < 1.29 is 28.6 Å². The van der Waals surface area contributed by atoms with Crippen molar-refractivity contribution in [1.82, 2.24) is 0 Å². The monoisotopic (exact) mass is 961 g/mol. The van der Waals surface area contributed by atoms with Crippen LogP contribution in [0.3, 0.4) is 0 Å². The molecule has 0 aliphatic carbocycles. The van der Waals surface area contributed by atoms with Gasteiger partial charge in [-0.1, -0.05) is 311 Å². The van der Waals surface area contributed by atoms with Crippen LogP contribution in [0.2, 0.25) is 0 Å². The first-order valence-corrected chi connectivity index (χ1v) is 30.8. The van der Waals surface area contributed by atoms with Crippen LogP contribution < -0.4 is 0 Å². The molecule has 0 spiro atoms. The molecule has 0 radical (unpaired) electrons. The average molecular weight is 962 g/mol. The Kier molecular flexibility index (Phi) is 53.5. The third-order valence-corrected chi connectivity index (χ3v) is 14.6. The highest BCUT2D eigenvalue weighted by atomic mass is 16.6. The van der Waals surface area contributed by atoms with Crippen LogP contribution in [0.15, 0.2) is 0 Å². The second kappa shape index (κ2) is 54.7. The van der Waals surface area contributed by atoms with Gasteiger partial charge in [-0.25, -0.2) is 0 Å². The molecular formula is C62H120O6. The summed E-state index contributed by atoms with van der Waals surface area (Å²) in [6.07, 6.45) is 59.6. The first-order chi connectivity index (χ1) is 33.3. The first kappa shape index (κ1) is 66.4. The van der Waals surface area contributed by atoms with Crippen LogP contribution in [-0.2, 0) is 28.6 Å².